The van der Waals surface area contributed by atoms with E-state index in [2.05, 4.69) is 10.2 Å². The number of thioether (sulfide) groups is 1. The molecule has 0 saturated heterocycles. The number of carbonyl (C=O) groups excluding carboxylic acids is 1. The Kier molecular flexibility index (Phi) is 7.18. The summed E-state index contributed by atoms with van der Waals surface area (Å²) in [5.74, 6) is -3.40. The number of hydrogen-bond donors (Lipinski definition) is 1. The molecular formula is C16H15ClF2N2O4S2. The summed E-state index contributed by atoms with van der Waals surface area (Å²) in [5, 5.41) is 2.54. The lowest BCUT2D eigenvalue weighted by Crippen LogP contribution is -2.26. The predicted molar refractivity (Wildman–Crippen MR) is 99.7 cm³/mol. The lowest BCUT2D eigenvalue weighted by Gasteiger charge is -2.15. The van der Waals surface area contributed by atoms with E-state index in [1.807, 2.05) is 0 Å². The highest BCUT2D eigenvalue weighted by Crippen LogP contribution is 2.37. The number of halogens is 3. The number of hydrogen-bond acceptors (Lipinski definition) is 5. The van der Waals surface area contributed by atoms with E-state index < -0.39 is 21.7 Å². The van der Waals surface area contributed by atoms with Gasteiger partial charge in [-0.3, -0.25) is 9.63 Å². The molecule has 0 aromatic heterocycles. The molecule has 2 rings (SSSR count). The highest BCUT2D eigenvalue weighted by atomic mass is 35.5. The van der Waals surface area contributed by atoms with E-state index in [4.69, 9.17) is 11.6 Å². The van der Waals surface area contributed by atoms with Crippen LogP contribution in [0.25, 0.3) is 0 Å². The topological polar surface area (TPSA) is 75.7 Å². The first-order valence-corrected chi connectivity index (χ1v) is 10.0. The monoisotopic (exact) mass is 436 g/mol. The van der Waals surface area contributed by atoms with Crippen molar-refractivity contribution in [2.45, 2.75) is 15.5 Å². The zero-order valence-corrected chi connectivity index (χ0v) is 16.5. The fourth-order valence-electron chi connectivity index (χ4n) is 2.05. The van der Waals surface area contributed by atoms with Gasteiger partial charge in [-0.2, -0.15) is 8.78 Å². The molecule has 1 amide bonds. The normalized spacial score (nSPS) is 11.8. The Hall–Kier alpha value is -1.72. The van der Waals surface area contributed by atoms with Crippen LogP contribution in [0.3, 0.4) is 0 Å². The largest absolute Gasteiger partial charge is 0.321 e. The second-order valence-corrected chi connectivity index (χ2v) is 8.42. The van der Waals surface area contributed by atoms with Crippen LogP contribution in [0, 0.1) is 0 Å². The second kappa shape index (κ2) is 8.98. The van der Waals surface area contributed by atoms with E-state index in [0.717, 1.165) is 6.07 Å². The molecule has 11 heteroatoms. The van der Waals surface area contributed by atoms with E-state index in [9.17, 15) is 22.0 Å². The molecule has 0 saturated carbocycles. The molecule has 1 N–H and O–H groups in total. The molecule has 27 heavy (non-hydrogen) atoms. The molecule has 0 heterocycles. The summed E-state index contributed by atoms with van der Waals surface area (Å²) in [7, 11) is -1.54. The van der Waals surface area contributed by atoms with Gasteiger partial charge in [-0.25, -0.2) is 8.42 Å². The molecule has 0 unspecified atom stereocenters. The van der Waals surface area contributed by atoms with Gasteiger partial charge >= 0.3 is 0 Å². The van der Waals surface area contributed by atoms with Crippen LogP contribution in [-0.4, -0.2) is 38.7 Å². The van der Waals surface area contributed by atoms with Crippen molar-refractivity contribution < 1.29 is 26.8 Å². The summed E-state index contributed by atoms with van der Waals surface area (Å²) in [6.07, 6.45) is 0. The van der Waals surface area contributed by atoms with Crippen LogP contribution in [0.1, 0.15) is 10.4 Å². The summed E-state index contributed by atoms with van der Waals surface area (Å²) < 4.78 is 50.7. The van der Waals surface area contributed by atoms with Crippen molar-refractivity contribution >= 4 is 45.0 Å². The molecule has 0 spiro atoms. The molecule has 0 fully saturated rings. The number of carbonyl (C=O) groups is 1. The molecule has 146 valence electrons. The Morgan fingerprint density at radius 1 is 1.26 bits per heavy atom. The van der Waals surface area contributed by atoms with Gasteiger partial charge in [0.1, 0.15) is 0 Å². The maximum atomic E-state index is 12.7. The molecule has 0 radical (unpaired) electrons. The van der Waals surface area contributed by atoms with Crippen LogP contribution >= 0.6 is 23.4 Å². The Morgan fingerprint density at radius 3 is 2.56 bits per heavy atom. The zero-order valence-electron chi connectivity index (χ0n) is 14.1. The molecule has 6 nitrogen and oxygen atoms in total. The van der Waals surface area contributed by atoms with Crippen molar-refractivity contribution in [1.29, 1.82) is 0 Å². The van der Waals surface area contributed by atoms with Gasteiger partial charge in [0.15, 0.2) is 0 Å². The number of hydroxylamine groups is 1. The van der Waals surface area contributed by atoms with Crippen LogP contribution in [-0.2, 0) is 14.9 Å². The maximum absolute atomic E-state index is 12.7. The number of alkyl halides is 2. The zero-order chi connectivity index (χ0) is 20.2. The first-order valence-electron chi connectivity index (χ1n) is 7.34. The number of nitrogens with one attached hydrogen (secondary N) is 1. The van der Waals surface area contributed by atoms with Gasteiger partial charge in [-0.05, 0) is 30.3 Å². The number of amides is 1. The average molecular weight is 437 g/mol. The summed E-state index contributed by atoms with van der Waals surface area (Å²) in [6, 6.07) is 9.60. The number of nitrogens with zero attached hydrogens (tertiary/aromatic N) is 1. The number of sulfonamides is 1. The van der Waals surface area contributed by atoms with Gasteiger partial charge in [0.2, 0.25) is 0 Å². The van der Waals surface area contributed by atoms with Crippen LogP contribution in [0.5, 0.6) is 0 Å². The Bertz CT molecular complexity index is 942. The fourth-order valence-corrected chi connectivity index (χ4v) is 3.99. The summed E-state index contributed by atoms with van der Waals surface area (Å²) in [6.45, 7) is 0. The molecule has 2 aromatic carbocycles. The minimum absolute atomic E-state index is 0.0189. The highest BCUT2D eigenvalue weighted by Gasteiger charge is 2.22. The maximum Gasteiger partial charge on any atom is 0.289 e. The van der Waals surface area contributed by atoms with Crippen LogP contribution in [0.15, 0.2) is 52.3 Å². The van der Waals surface area contributed by atoms with Gasteiger partial charge in [-0.15, -0.1) is 0 Å². The number of rotatable bonds is 7. The quantitative estimate of drug-likeness (QED) is 0.522. The van der Waals surface area contributed by atoms with Gasteiger partial charge < -0.3 is 5.32 Å². The first-order chi connectivity index (χ1) is 12.7. The lowest BCUT2D eigenvalue weighted by atomic mass is 10.2. The van der Waals surface area contributed by atoms with E-state index in [-0.39, 0.29) is 37.8 Å². The van der Waals surface area contributed by atoms with Crippen molar-refractivity contribution in [2.75, 3.05) is 19.5 Å². The van der Waals surface area contributed by atoms with E-state index >= 15 is 0 Å². The fraction of sp³-hybridized carbons (Fsp3) is 0.188. The molecule has 0 aliphatic heterocycles. The molecule has 0 atom stereocenters. The standard InChI is InChI=1S/C16H15ClF2N2O4S2/c1-21(25-2)27(23,24)11-6-3-5-10(9-11)15(22)20-13-8-4-7-12(17)14(13)26-16(18)19/h3-9,16H,1-2H3,(H,20,22). The van der Waals surface area contributed by atoms with Crippen molar-refractivity contribution in [3.05, 3.63) is 53.1 Å². The van der Waals surface area contributed by atoms with Gasteiger partial charge in [0.25, 0.3) is 21.7 Å². The predicted octanol–water partition coefficient (Wildman–Crippen LogP) is 4.09. The van der Waals surface area contributed by atoms with Gasteiger partial charge in [0, 0.05) is 12.6 Å². The Labute approximate surface area is 164 Å². The molecule has 2 aromatic rings. The minimum atomic E-state index is -3.94. The molecule has 0 aliphatic carbocycles. The minimum Gasteiger partial charge on any atom is -0.321 e. The van der Waals surface area contributed by atoms with Crippen molar-refractivity contribution in [3.63, 3.8) is 0 Å². The van der Waals surface area contributed by atoms with Gasteiger partial charge in [0.05, 0.1) is 27.6 Å². The Balaban J connectivity index is 2.33. The van der Waals surface area contributed by atoms with E-state index in [1.165, 1.54) is 50.6 Å². The summed E-state index contributed by atoms with van der Waals surface area (Å²) >= 11 is 6.14. The third kappa shape index (κ3) is 5.17. The smallest absolute Gasteiger partial charge is 0.289 e. The lowest BCUT2D eigenvalue weighted by molar-refractivity contribution is -0.0258. The number of anilines is 1. The van der Waals surface area contributed by atoms with E-state index in [0.29, 0.717) is 4.47 Å². The van der Waals surface area contributed by atoms with Crippen LogP contribution < -0.4 is 5.32 Å². The van der Waals surface area contributed by atoms with Crippen molar-refractivity contribution in [1.82, 2.24) is 4.47 Å². The van der Waals surface area contributed by atoms with Crippen LogP contribution in [0.2, 0.25) is 5.02 Å². The first kappa shape index (κ1) is 21.6. The average Bonchev–Trinajstić information content (AvgIpc) is 2.63. The highest BCUT2D eigenvalue weighted by molar-refractivity contribution is 7.99. The SMILES string of the molecule is CON(C)S(=O)(=O)c1cccc(C(=O)Nc2cccc(Cl)c2SC(F)F)c1. The van der Waals surface area contributed by atoms with Crippen LogP contribution in [0.4, 0.5) is 14.5 Å². The Morgan fingerprint density at radius 2 is 1.93 bits per heavy atom. The summed E-state index contributed by atoms with van der Waals surface area (Å²) in [4.78, 5) is 17.0. The van der Waals surface area contributed by atoms with E-state index in [1.54, 1.807) is 0 Å². The third-order valence-electron chi connectivity index (χ3n) is 3.41. The molecule has 0 bridgehead atoms. The van der Waals surface area contributed by atoms with Gasteiger partial charge in [-0.1, -0.05) is 40.0 Å². The molecular weight excluding hydrogens is 422 g/mol. The second-order valence-electron chi connectivity index (χ2n) is 5.07. The number of benzene rings is 2. The van der Waals surface area contributed by atoms with Crippen molar-refractivity contribution in [3.8, 4) is 0 Å². The third-order valence-corrected chi connectivity index (χ3v) is 6.37. The summed E-state index contributed by atoms with van der Waals surface area (Å²) in [5.41, 5.74) is 0.119. The molecule has 0 aliphatic rings. The van der Waals surface area contributed by atoms with Crippen molar-refractivity contribution in [2.24, 2.45) is 0 Å².